The summed E-state index contributed by atoms with van der Waals surface area (Å²) in [5.74, 6) is 0.305. The highest BCUT2D eigenvalue weighted by Gasteiger charge is 2.33. The molecule has 1 amide bonds. The van der Waals surface area contributed by atoms with Crippen molar-refractivity contribution >= 4 is 5.91 Å². The highest BCUT2D eigenvalue weighted by Crippen LogP contribution is 2.29. The van der Waals surface area contributed by atoms with Crippen LogP contribution in [-0.2, 0) is 4.79 Å². The standard InChI is InChI=1S/C22H21N3O2/c26-22(25-15-13-19(16-25)27-20-12-7-14-23-24-20)21(17-8-3-1-4-9-17)18-10-5-2-6-11-18/h1-12,14,19,21H,13,15-16H2. The third-order valence-corrected chi connectivity index (χ3v) is 4.80. The number of carbonyl (C=O) groups excluding carboxylic acids is 1. The molecule has 1 atom stereocenters. The molecule has 27 heavy (non-hydrogen) atoms. The average molecular weight is 359 g/mol. The molecule has 0 saturated carbocycles. The summed E-state index contributed by atoms with van der Waals surface area (Å²) in [6.07, 6.45) is 2.35. The molecule has 0 spiro atoms. The fourth-order valence-electron chi connectivity index (χ4n) is 3.50. The minimum absolute atomic E-state index is 0.0575. The van der Waals surface area contributed by atoms with E-state index in [-0.39, 0.29) is 17.9 Å². The van der Waals surface area contributed by atoms with Crippen LogP contribution in [0.3, 0.4) is 0 Å². The number of benzene rings is 2. The predicted octanol–water partition coefficient (Wildman–Crippen LogP) is 3.29. The molecule has 136 valence electrons. The summed E-state index contributed by atoms with van der Waals surface area (Å²) < 4.78 is 5.88. The number of carbonyl (C=O) groups is 1. The van der Waals surface area contributed by atoms with Crippen molar-refractivity contribution in [3.05, 3.63) is 90.1 Å². The van der Waals surface area contributed by atoms with Gasteiger partial charge in [0, 0.05) is 25.2 Å². The smallest absolute Gasteiger partial charge is 0.234 e. The van der Waals surface area contributed by atoms with Crippen molar-refractivity contribution < 1.29 is 9.53 Å². The molecule has 4 rings (SSSR count). The van der Waals surface area contributed by atoms with E-state index in [1.54, 1.807) is 18.3 Å². The SMILES string of the molecule is O=C(C(c1ccccc1)c1ccccc1)N1CCC(Oc2cccnn2)C1. The molecule has 0 radical (unpaired) electrons. The number of ether oxygens (including phenoxy) is 1. The number of amides is 1. The minimum Gasteiger partial charge on any atom is -0.471 e. The van der Waals surface area contributed by atoms with Gasteiger partial charge in [0.2, 0.25) is 11.8 Å². The van der Waals surface area contributed by atoms with E-state index in [1.807, 2.05) is 65.6 Å². The summed E-state index contributed by atoms with van der Waals surface area (Å²) in [6, 6.07) is 23.5. The van der Waals surface area contributed by atoms with Crippen LogP contribution in [0, 0.1) is 0 Å². The summed E-state index contributed by atoms with van der Waals surface area (Å²) in [7, 11) is 0. The Hall–Kier alpha value is -3.21. The van der Waals surface area contributed by atoms with Gasteiger partial charge in [-0.1, -0.05) is 60.7 Å². The highest BCUT2D eigenvalue weighted by atomic mass is 16.5. The van der Waals surface area contributed by atoms with Crippen molar-refractivity contribution in [2.45, 2.75) is 18.4 Å². The van der Waals surface area contributed by atoms with Crippen LogP contribution in [0.25, 0.3) is 0 Å². The summed E-state index contributed by atoms with van der Waals surface area (Å²) >= 11 is 0. The molecular weight excluding hydrogens is 338 g/mol. The Morgan fingerprint density at radius 2 is 1.63 bits per heavy atom. The van der Waals surface area contributed by atoms with Gasteiger partial charge in [-0.2, -0.15) is 5.10 Å². The summed E-state index contributed by atoms with van der Waals surface area (Å²) in [6.45, 7) is 1.24. The summed E-state index contributed by atoms with van der Waals surface area (Å²) in [5, 5.41) is 7.80. The highest BCUT2D eigenvalue weighted by molar-refractivity contribution is 5.87. The van der Waals surface area contributed by atoms with Crippen molar-refractivity contribution in [2.24, 2.45) is 0 Å². The Kier molecular flexibility index (Phi) is 5.10. The number of nitrogens with zero attached hydrogens (tertiary/aromatic N) is 3. The number of aromatic nitrogens is 2. The molecule has 1 aliphatic rings. The maximum atomic E-state index is 13.4. The van der Waals surface area contributed by atoms with Crippen molar-refractivity contribution in [2.75, 3.05) is 13.1 Å². The van der Waals surface area contributed by atoms with Crippen molar-refractivity contribution in [1.82, 2.24) is 15.1 Å². The van der Waals surface area contributed by atoms with Gasteiger partial charge in [-0.25, -0.2) is 0 Å². The molecule has 1 aliphatic heterocycles. The molecule has 1 aromatic heterocycles. The normalized spacial score (nSPS) is 16.5. The average Bonchev–Trinajstić information content (AvgIpc) is 3.19. The van der Waals surface area contributed by atoms with E-state index >= 15 is 0 Å². The van der Waals surface area contributed by atoms with Gasteiger partial charge in [-0.15, -0.1) is 5.10 Å². The summed E-state index contributed by atoms with van der Waals surface area (Å²) in [5.41, 5.74) is 2.01. The van der Waals surface area contributed by atoms with E-state index in [1.165, 1.54) is 0 Å². The summed E-state index contributed by atoms with van der Waals surface area (Å²) in [4.78, 5) is 15.3. The third-order valence-electron chi connectivity index (χ3n) is 4.80. The number of likely N-dealkylation sites (tertiary alicyclic amines) is 1. The van der Waals surface area contributed by atoms with Crippen LogP contribution in [-0.4, -0.2) is 40.2 Å². The minimum atomic E-state index is -0.303. The zero-order valence-corrected chi connectivity index (χ0v) is 14.9. The van der Waals surface area contributed by atoms with Gasteiger partial charge in [0.05, 0.1) is 12.5 Å². The van der Waals surface area contributed by atoms with Crippen LogP contribution in [0.15, 0.2) is 79.0 Å². The first kappa shape index (κ1) is 17.2. The van der Waals surface area contributed by atoms with Gasteiger partial charge < -0.3 is 9.64 Å². The lowest BCUT2D eigenvalue weighted by Crippen LogP contribution is -2.35. The maximum Gasteiger partial charge on any atom is 0.234 e. The Morgan fingerprint density at radius 1 is 0.963 bits per heavy atom. The zero-order valence-electron chi connectivity index (χ0n) is 14.9. The van der Waals surface area contributed by atoms with Gasteiger partial charge in [0.25, 0.3) is 0 Å². The largest absolute Gasteiger partial charge is 0.471 e. The molecule has 2 heterocycles. The lowest BCUT2D eigenvalue weighted by Gasteiger charge is -2.24. The molecule has 1 saturated heterocycles. The van der Waals surface area contributed by atoms with Gasteiger partial charge in [-0.05, 0) is 17.2 Å². The van der Waals surface area contributed by atoms with Crippen molar-refractivity contribution in [1.29, 1.82) is 0 Å². The van der Waals surface area contributed by atoms with E-state index in [2.05, 4.69) is 10.2 Å². The molecule has 0 N–H and O–H groups in total. The van der Waals surface area contributed by atoms with Crippen molar-refractivity contribution in [3.63, 3.8) is 0 Å². The quantitative estimate of drug-likeness (QED) is 0.701. The Bertz CT molecular complexity index is 832. The van der Waals surface area contributed by atoms with Crippen LogP contribution in [0.1, 0.15) is 23.5 Å². The molecule has 1 fully saturated rings. The van der Waals surface area contributed by atoms with E-state index in [0.29, 0.717) is 19.0 Å². The second-order valence-electron chi connectivity index (χ2n) is 6.63. The second-order valence-corrected chi connectivity index (χ2v) is 6.63. The molecule has 2 aromatic carbocycles. The van der Waals surface area contributed by atoms with Gasteiger partial charge in [-0.3, -0.25) is 4.79 Å². The number of hydrogen-bond donors (Lipinski definition) is 0. The van der Waals surface area contributed by atoms with Crippen LogP contribution in [0.2, 0.25) is 0 Å². The fraction of sp³-hybridized carbons (Fsp3) is 0.227. The van der Waals surface area contributed by atoms with Gasteiger partial charge in [0.15, 0.2) is 0 Å². The van der Waals surface area contributed by atoms with Gasteiger partial charge in [0.1, 0.15) is 6.10 Å². The van der Waals surface area contributed by atoms with E-state index < -0.39 is 0 Å². The Morgan fingerprint density at radius 3 is 2.22 bits per heavy atom. The first-order valence-electron chi connectivity index (χ1n) is 9.14. The Labute approximate surface area is 158 Å². The van der Waals surface area contributed by atoms with Gasteiger partial charge >= 0.3 is 0 Å². The molecule has 3 aromatic rings. The van der Waals surface area contributed by atoms with Crippen LogP contribution in [0.4, 0.5) is 0 Å². The topological polar surface area (TPSA) is 55.3 Å². The molecule has 1 unspecified atom stereocenters. The van der Waals surface area contributed by atoms with Crippen molar-refractivity contribution in [3.8, 4) is 5.88 Å². The third kappa shape index (κ3) is 3.97. The lowest BCUT2D eigenvalue weighted by atomic mass is 9.90. The molecule has 5 heteroatoms. The number of hydrogen-bond acceptors (Lipinski definition) is 4. The lowest BCUT2D eigenvalue weighted by molar-refractivity contribution is -0.131. The zero-order chi connectivity index (χ0) is 18.5. The Balaban J connectivity index is 1.52. The molecule has 0 bridgehead atoms. The van der Waals surface area contributed by atoms with E-state index in [0.717, 1.165) is 17.5 Å². The first-order valence-corrected chi connectivity index (χ1v) is 9.14. The van der Waals surface area contributed by atoms with Crippen LogP contribution in [0.5, 0.6) is 5.88 Å². The number of rotatable bonds is 5. The fourth-order valence-corrected chi connectivity index (χ4v) is 3.50. The van der Waals surface area contributed by atoms with Crippen LogP contribution < -0.4 is 4.74 Å². The monoisotopic (exact) mass is 359 g/mol. The molecule has 0 aliphatic carbocycles. The molecular formula is C22H21N3O2. The second kappa shape index (κ2) is 7.99. The van der Waals surface area contributed by atoms with Crippen LogP contribution >= 0.6 is 0 Å². The maximum absolute atomic E-state index is 13.4. The first-order chi connectivity index (χ1) is 13.3. The predicted molar refractivity (Wildman–Crippen MR) is 102 cm³/mol. The molecule has 5 nitrogen and oxygen atoms in total. The van der Waals surface area contributed by atoms with E-state index in [4.69, 9.17) is 4.74 Å². The van der Waals surface area contributed by atoms with E-state index in [9.17, 15) is 4.79 Å².